The van der Waals surface area contributed by atoms with Crippen molar-refractivity contribution in [2.45, 2.75) is 50.5 Å². The number of hydrogen-bond donors (Lipinski definition) is 1. The van der Waals surface area contributed by atoms with Crippen LogP contribution >= 0.6 is 23.2 Å². The van der Waals surface area contributed by atoms with Gasteiger partial charge in [-0.05, 0) is 41.8 Å². The predicted molar refractivity (Wildman–Crippen MR) is 127 cm³/mol. The fraction of sp³-hybridized carbons (Fsp3) is 0.333. The number of aromatic amines is 1. The van der Waals surface area contributed by atoms with E-state index in [1.165, 1.54) is 0 Å². The maximum atomic E-state index is 13.8. The number of carbonyl (C=O) groups excluding carboxylic acids is 1. The van der Waals surface area contributed by atoms with Gasteiger partial charge in [0.25, 0.3) is 5.91 Å². The Balaban J connectivity index is 1.90. The van der Waals surface area contributed by atoms with Crippen molar-refractivity contribution in [1.82, 2.24) is 25.5 Å². The summed E-state index contributed by atoms with van der Waals surface area (Å²) in [5.41, 5.74) is 1.76. The highest BCUT2D eigenvalue weighted by molar-refractivity contribution is 6.30. The molecule has 2 aromatic carbocycles. The lowest BCUT2D eigenvalue weighted by molar-refractivity contribution is -0.180. The second kappa shape index (κ2) is 10.5. The summed E-state index contributed by atoms with van der Waals surface area (Å²) in [5.74, 6) is 0.324. The molecule has 0 unspecified atom stereocenters. The molecule has 2 heterocycles. The minimum Gasteiger partial charge on any atom is -0.358 e. The summed E-state index contributed by atoms with van der Waals surface area (Å²) in [5, 5.41) is 15.9. The minimum atomic E-state index is -0.693. The van der Waals surface area contributed by atoms with E-state index in [1.54, 1.807) is 6.08 Å². The third kappa shape index (κ3) is 4.95. The lowest BCUT2D eigenvalue weighted by Crippen LogP contribution is -2.52. The number of rotatable bonds is 8. The molecule has 1 aliphatic rings. The molecule has 1 N–H and O–H groups in total. The fourth-order valence-corrected chi connectivity index (χ4v) is 4.66. The first-order chi connectivity index (χ1) is 16.0. The van der Waals surface area contributed by atoms with Gasteiger partial charge < -0.3 is 9.64 Å². The number of aromatic nitrogens is 4. The number of nitrogens with zero attached hydrogens (tertiary/aromatic N) is 4. The number of nitrogens with one attached hydrogen (secondary N) is 1. The Hall–Kier alpha value is -2.74. The van der Waals surface area contributed by atoms with Crippen LogP contribution in [-0.2, 0) is 9.53 Å². The maximum absolute atomic E-state index is 13.8. The first-order valence-electron chi connectivity index (χ1n) is 10.9. The highest BCUT2D eigenvalue weighted by Crippen LogP contribution is 2.47. The van der Waals surface area contributed by atoms with Gasteiger partial charge in [0.2, 0.25) is 0 Å². The van der Waals surface area contributed by atoms with Crippen molar-refractivity contribution in [2.24, 2.45) is 0 Å². The monoisotopic (exact) mass is 485 g/mol. The molecule has 172 valence electrons. The molecule has 33 heavy (non-hydrogen) atoms. The Morgan fingerprint density at radius 2 is 1.97 bits per heavy atom. The van der Waals surface area contributed by atoms with Crippen LogP contribution in [-0.4, -0.2) is 37.5 Å². The normalized spacial score (nSPS) is 21.7. The average Bonchev–Trinajstić information content (AvgIpc) is 3.34. The van der Waals surface area contributed by atoms with Crippen molar-refractivity contribution < 1.29 is 9.53 Å². The zero-order valence-corrected chi connectivity index (χ0v) is 19.7. The lowest BCUT2D eigenvalue weighted by Gasteiger charge is -2.47. The molecule has 0 spiro atoms. The largest absolute Gasteiger partial charge is 0.358 e. The second-order valence-corrected chi connectivity index (χ2v) is 8.81. The Labute approximate surface area is 202 Å². The molecule has 4 atom stereocenters. The summed E-state index contributed by atoms with van der Waals surface area (Å²) in [4.78, 5) is 15.7. The first kappa shape index (κ1) is 23.4. The molecule has 1 saturated heterocycles. The van der Waals surface area contributed by atoms with Crippen molar-refractivity contribution >= 4 is 29.1 Å². The van der Waals surface area contributed by atoms with Crippen molar-refractivity contribution in [1.29, 1.82) is 0 Å². The summed E-state index contributed by atoms with van der Waals surface area (Å²) < 4.78 is 6.44. The number of tetrazole rings is 1. The molecule has 4 rings (SSSR count). The van der Waals surface area contributed by atoms with Crippen LogP contribution in [0, 0.1) is 0 Å². The van der Waals surface area contributed by atoms with Gasteiger partial charge in [-0.2, -0.15) is 5.21 Å². The van der Waals surface area contributed by atoms with E-state index in [1.807, 2.05) is 53.4 Å². The summed E-state index contributed by atoms with van der Waals surface area (Å²) in [6.07, 6.45) is 2.40. The third-order valence-electron chi connectivity index (χ3n) is 5.75. The molecule has 0 bridgehead atoms. The number of H-pyrrole nitrogens is 1. The SMILES string of the molecule is C=CC[C@@H]1O[C@@H](c2cccc(Cl)c2)[C@@H](c2ccc(Cl)cc2)N([C@@H](CCC)c2nn[nH]n2)C1=O. The summed E-state index contributed by atoms with van der Waals surface area (Å²) in [7, 11) is 0. The van der Waals surface area contributed by atoms with Crippen molar-refractivity contribution in [3.8, 4) is 0 Å². The van der Waals surface area contributed by atoms with Crippen LogP contribution in [0.4, 0.5) is 0 Å². The van der Waals surface area contributed by atoms with Crippen LogP contribution in [0.5, 0.6) is 0 Å². The van der Waals surface area contributed by atoms with E-state index in [9.17, 15) is 4.79 Å². The molecule has 7 nitrogen and oxygen atoms in total. The van der Waals surface area contributed by atoms with Gasteiger partial charge in [-0.1, -0.05) is 72.1 Å². The van der Waals surface area contributed by atoms with Crippen molar-refractivity contribution in [2.75, 3.05) is 0 Å². The number of halogens is 2. The standard InChI is InChI=1S/C24H25Cl2N5O2/c1-3-6-19(23-27-29-30-28-23)31-21(15-10-12-17(25)13-11-15)22(16-8-5-9-18(26)14-16)33-20(7-4-2)24(31)32/h4-5,8-14,19-22H,2-3,6-7H2,1H3,(H,27,28,29,30)/t19-,20-,21+,22-/m0/s1. The molecule has 1 aliphatic heterocycles. The highest BCUT2D eigenvalue weighted by Gasteiger charge is 2.47. The van der Waals surface area contributed by atoms with Gasteiger partial charge in [0.15, 0.2) is 5.82 Å². The predicted octanol–water partition coefficient (Wildman–Crippen LogP) is 5.63. The lowest BCUT2D eigenvalue weighted by atomic mass is 9.89. The number of carbonyl (C=O) groups is 1. The Bertz CT molecular complexity index is 1090. The zero-order chi connectivity index (χ0) is 23.4. The second-order valence-electron chi connectivity index (χ2n) is 7.94. The Kier molecular flexibility index (Phi) is 7.42. The molecular weight excluding hydrogens is 461 g/mol. The van der Waals surface area contributed by atoms with Crippen LogP contribution in [0.2, 0.25) is 10.0 Å². The number of ether oxygens (including phenoxy) is 1. The topological polar surface area (TPSA) is 84.0 Å². The summed E-state index contributed by atoms with van der Waals surface area (Å²) >= 11 is 12.5. The molecule has 1 aromatic heterocycles. The van der Waals surface area contributed by atoms with Gasteiger partial charge in [-0.25, -0.2) is 0 Å². The van der Waals surface area contributed by atoms with E-state index < -0.39 is 18.2 Å². The molecule has 3 aromatic rings. The molecule has 9 heteroatoms. The van der Waals surface area contributed by atoms with Gasteiger partial charge >= 0.3 is 0 Å². The van der Waals surface area contributed by atoms with E-state index in [0.717, 1.165) is 17.5 Å². The molecule has 0 saturated carbocycles. The van der Waals surface area contributed by atoms with E-state index in [2.05, 4.69) is 34.1 Å². The molecule has 1 fully saturated rings. The quantitative estimate of drug-likeness (QED) is 0.417. The van der Waals surface area contributed by atoms with Crippen LogP contribution in [0.25, 0.3) is 0 Å². The number of morpholine rings is 1. The van der Waals surface area contributed by atoms with E-state index in [-0.39, 0.29) is 11.9 Å². The Morgan fingerprint density at radius 3 is 2.61 bits per heavy atom. The average molecular weight is 486 g/mol. The van der Waals surface area contributed by atoms with Gasteiger partial charge in [-0.15, -0.1) is 16.8 Å². The first-order valence-corrected chi connectivity index (χ1v) is 11.6. The van der Waals surface area contributed by atoms with Crippen LogP contribution in [0.15, 0.2) is 61.2 Å². The molecule has 1 amide bonds. The minimum absolute atomic E-state index is 0.142. The van der Waals surface area contributed by atoms with E-state index in [0.29, 0.717) is 28.7 Å². The van der Waals surface area contributed by atoms with E-state index >= 15 is 0 Å². The highest BCUT2D eigenvalue weighted by atomic mass is 35.5. The molecule has 0 radical (unpaired) electrons. The summed E-state index contributed by atoms with van der Waals surface area (Å²) in [6.45, 7) is 5.88. The maximum Gasteiger partial charge on any atom is 0.253 e. The summed E-state index contributed by atoms with van der Waals surface area (Å²) in [6, 6.07) is 14.1. The van der Waals surface area contributed by atoms with Crippen LogP contribution in [0.3, 0.4) is 0 Å². The van der Waals surface area contributed by atoms with Gasteiger partial charge in [0.1, 0.15) is 12.2 Å². The molecular formula is C24H25Cl2N5O2. The van der Waals surface area contributed by atoms with E-state index in [4.69, 9.17) is 27.9 Å². The molecule has 0 aliphatic carbocycles. The van der Waals surface area contributed by atoms with Crippen molar-refractivity contribution in [3.63, 3.8) is 0 Å². The number of amides is 1. The fourth-order valence-electron chi connectivity index (χ4n) is 4.33. The smallest absolute Gasteiger partial charge is 0.253 e. The Morgan fingerprint density at radius 1 is 1.18 bits per heavy atom. The zero-order valence-electron chi connectivity index (χ0n) is 18.2. The van der Waals surface area contributed by atoms with Gasteiger partial charge in [0, 0.05) is 16.5 Å². The third-order valence-corrected chi connectivity index (χ3v) is 6.24. The number of benzene rings is 2. The van der Waals surface area contributed by atoms with Gasteiger partial charge in [-0.3, -0.25) is 4.79 Å². The van der Waals surface area contributed by atoms with Crippen molar-refractivity contribution in [3.05, 3.63) is 88.2 Å². The van der Waals surface area contributed by atoms with Crippen LogP contribution < -0.4 is 0 Å². The van der Waals surface area contributed by atoms with Gasteiger partial charge in [0.05, 0.1) is 12.1 Å². The van der Waals surface area contributed by atoms with Crippen LogP contribution in [0.1, 0.15) is 61.3 Å². The number of hydrogen-bond acceptors (Lipinski definition) is 5.